The predicted molar refractivity (Wildman–Crippen MR) is 58.7 cm³/mol. The number of aliphatic hydroxyl groups is 3. The molecule has 0 aromatic carbocycles. The molecule has 0 bridgehead atoms. The van der Waals surface area contributed by atoms with Crippen molar-refractivity contribution in [2.24, 2.45) is 0 Å². The molecule has 0 saturated heterocycles. The second-order valence-electron chi connectivity index (χ2n) is 2.71. The highest BCUT2D eigenvalue weighted by Gasteiger charge is 1.89. The van der Waals surface area contributed by atoms with Gasteiger partial charge in [0.1, 0.15) is 0 Å². The van der Waals surface area contributed by atoms with Crippen molar-refractivity contribution in [3.63, 3.8) is 0 Å². The minimum Gasteiger partial charge on any atom is -0.396 e. The van der Waals surface area contributed by atoms with Crippen molar-refractivity contribution in [2.75, 3.05) is 19.8 Å². The summed E-state index contributed by atoms with van der Waals surface area (Å²) in [7, 11) is 0. The van der Waals surface area contributed by atoms with Gasteiger partial charge in [0, 0.05) is 31.4 Å². The molecule has 0 aliphatic heterocycles. The highest BCUT2D eigenvalue weighted by Crippen LogP contribution is 1.97. The first-order valence-electron chi connectivity index (χ1n) is 4.84. The lowest BCUT2D eigenvalue weighted by atomic mass is 10.2. The normalized spacial score (nSPS) is 9.93. The van der Waals surface area contributed by atoms with Gasteiger partial charge in [0.05, 0.1) is 13.2 Å². The molecule has 0 aliphatic carbocycles. The zero-order chi connectivity index (χ0) is 11.4. The minimum absolute atomic E-state index is 0.0291. The average Bonchev–Trinajstić information content (AvgIpc) is 2.24. The highest BCUT2D eigenvalue weighted by molar-refractivity contribution is 5.35. The first-order valence-corrected chi connectivity index (χ1v) is 4.84. The highest BCUT2D eigenvalue weighted by atomic mass is 16.3. The van der Waals surface area contributed by atoms with Gasteiger partial charge in [-0.15, -0.1) is 0 Å². The van der Waals surface area contributed by atoms with Crippen molar-refractivity contribution < 1.29 is 15.3 Å². The Bertz CT molecular complexity index is 296. The van der Waals surface area contributed by atoms with Crippen LogP contribution in [0.1, 0.15) is 19.3 Å². The van der Waals surface area contributed by atoms with Crippen molar-refractivity contribution >= 4 is 0 Å². The Hall–Kier alpha value is -1.26. The van der Waals surface area contributed by atoms with Crippen LogP contribution in [0.2, 0.25) is 0 Å². The largest absolute Gasteiger partial charge is 0.396 e. The quantitative estimate of drug-likeness (QED) is 0.573. The Kier molecular flexibility index (Phi) is 9.91. The number of hydrogen-bond donors (Lipinski definition) is 3. The summed E-state index contributed by atoms with van der Waals surface area (Å²) in [5.74, 6) is 11.1. The van der Waals surface area contributed by atoms with Crippen LogP contribution in [0.4, 0.5) is 0 Å². The molecule has 0 heterocycles. The predicted octanol–water partition coefficient (Wildman–Crippen LogP) is 0.0668. The molecule has 0 saturated carbocycles. The molecule has 0 amide bonds. The van der Waals surface area contributed by atoms with Crippen LogP contribution in [0.25, 0.3) is 0 Å². The zero-order valence-corrected chi connectivity index (χ0v) is 8.66. The second kappa shape index (κ2) is 10.8. The van der Waals surface area contributed by atoms with Gasteiger partial charge in [-0.1, -0.05) is 23.7 Å². The third-order valence-electron chi connectivity index (χ3n) is 1.45. The van der Waals surface area contributed by atoms with Gasteiger partial charge >= 0.3 is 0 Å². The molecule has 0 aliphatic rings. The van der Waals surface area contributed by atoms with E-state index < -0.39 is 0 Å². The number of aliphatic hydroxyl groups excluding tert-OH is 3. The van der Waals surface area contributed by atoms with Crippen molar-refractivity contribution in [1.29, 1.82) is 0 Å². The van der Waals surface area contributed by atoms with Crippen LogP contribution in [-0.4, -0.2) is 35.1 Å². The van der Waals surface area contributed by atoms with E-state index in [0.717, 1.165) is 5.57 Å². The van der Waals surface area contributed by atoms with Crippen LogP contribution in [-0.2, 0) is 0 Å². The summed E-state index contributed by atoms with van der Waals surface area (Å²) < 4.78 is 0. The molecule has 0 rings (SSSR count). The van der Waals surface area contributed by atoms with Crippen LogP contribution in [0.15, 0.2) is 11.6 Å². The van der Waals surface area contributed by atoms with Crippen molar-refractivity contribution in [1.82, 2.24) is 0 Å². The molecule has 3 nitrogen and oxygen atoms in total. The summed E-state index contributed by atoms with van der Waals surface area (Å²) in [5.41, 5.74) is 0.747. The fourth-order valence-corrected chi connectivity index (χ4v) is 0.789. The second-order valence-corrected chi connectivity index (χ2v) is 2.71. The molecule has 0 radical (unpaired) electrons. The topological polar surface area (TPSA) is 60.7 Å². The van der Waals surface area contributed by atoms with Gasteiger partial charge in [-0.05, 0) is 6.08 Å². The summed E-state index contributed by atoms with van der Waals surface area (Å²) in [4.78, 5) is 0. The molecular formula is C12H16O3. The Morgan fingerprint density at radius 3 is 2.20 bits per heavy atom. The summed E-state index contributed by atoms with van der Waals surface area (Å²) in [5, 5.41) is 25.8. The van der Waals surface area contributed by atoms with Gasteiger partial charge in [0.15, 0.2) is 0 Å². The van der Waals surface area contributed by atoms with Gasteiger partial charge in [0.25, 0.3) is 0 Å². The smallest absolute Gasteiger partial charge is 0.0540 e. The molecule has 0 aromatic rings. The Morgan fingerprint density at radius 1 is 0.933 bits per heavy atom. The molecule has 0 unspecified atom stereocenters. The Balaban J connectivity index is 4.27. The first-order chi connectivity index (χ1) is 7.35. The maximum atomic E-state index is 8.75. The molecule has 3 heteroatoms. The number of allylic oxidation sites excluding steroid dienone is 1. The maximum Gasteiger partial charge on any atom is 0.0540 e. The molecular weight excluding hydrogens is 192 g/mol. The minimum atomic E-state index is 0.0291. The van der Waals surface area contributed by atoms with E-state index in [0.29, 0.717) is 19.3 Å². The lowest BCUT2D eigenvalue weighted by molar-refractivity contribution is 0.300. The van der Waals surface area contributed by atoms with Crippen molar-refractivity contribution in [3.05, 3.63) is 11.6 Å². The molecule has 0 fully saturated rings. The van der Waals surface area contributed by atoms with Crippen LogP contribution < -0.4 is 0 Å². The van der Waals surface area contributed by atoms with E-state index in [1.807, 2.05) is 0 Å². The van der Waals surface area contributed by atoms with Crippen LogP contribution in [0.3, 0.4) is 0 Å². The van der Waals surface area contributed by atoms with E-state index in [1.165, 1.54) is 0 Å². The fraction of sp³-hybridized carbons (Fsp3) is 0.500. The van der Waals surface area contributed by atoms with Gasteiger partial charge in [0.2, 0.25) is 0 Å². The standard InChI is InChI=1S/C12H16O3/c13-9-4-1-2-6-12(8-11-15)7-3-5-10-14/h6,13-15H,4-5,8-11H2/b12-6-. The Labute approximate surface area is 90.4 Å². The fourth-order valence-electron chi connectivity index (χ4n) is 0.789. The summed E-state index contributed by atoms with van der Waals surface area (Å²) in [6, 6.07) is 0. The monoisotopic (exact) mass is 208 g/mol. The summed E-state index contributed by atoms with van der Waals surface area (Å²) >= 11 is 0. The number of rotatable bonds is 4. The molecule has 0 spiro atoms. The van der Waals surface area contributed by atoms with E-state index in [4.69, 9.17) is 15.3 Å². The maximum absolute atomic E-state index is 8.75. The average molecular weight is 208 g/mol. The molecule has 0 aromatic heterocycles. The molecule has 0 atom stereocenters. The van der Waals surface area contributed by atoms with E-state index in [2.05, 4.69) is 23.7 Å². The van der Waals surface area contributed by atoms with Gasteiger partial charge in [-0.25, -0.2) is 0 Å². The summed E-state index contributed by atoms with van der Waals surface area (Å²) in [6.07, 6.45) is 2.96. The van der Waals surface area contributed by atoms with Crippen molar-refractivity contribution in [2.45, 2.75) is 19.3 Å². The SMILES string of the molecule is OCCC#C/C=C(/C#CCCO)CCO. The Morgan fingerprint density at radius 2 is 1.60 bits per heavy atom. The lowest BCUT2D eigenvalue weighted by Gasteiger charge is -1.92. The van der Waals surface area contributed by atoms with E-state index in [1.54, 1.807) is 6.08 Å². The van der Waals surface area contributed by atoms with Crippen LogP contribution in [0.5, 0.6) is 0 Å². The van der Waals surface area contributed by atoms with Crippen molar-refractivity contribution in [3.8, 4) is 23.7 Å². The molecule has 15 heavy (non-hydrogen) atoms. The van der Waals surface area contributed by atoms with Crippen LogP contribution >= 0.6 is 0 Å². The van der Waals surface area contributed by atoms with Gasteiger partial charge < -0.3 is 15.3 Å². The zero-order valence-electron chi connectivity index (χ0n) is 8.66. The van der Waals surface area contributed by atoms with E-state index >= 15 is 0 Å². The van der Waals surface area contributed by atoms with Gasteiger partial charge in [-0.2, -0.15) is 0 Å². The van der Waals surface area contributed by atoms with Gasteiger partial charge in [-0.3, -0.25) is 0 Å². The lowest BCUT2D eigenvalue weighted by Crippen LogP contribution is -1.86. The third kappa shape index (κ3) is 9.05. The summed E-state index contributed by atoms with van der Waals surface area (Å²) in [6.45, 7) is 0.114. The van der Waals surface area contributed by atoms with E-state index in [9.17, 15) is 0 Å². The van der Waals surface area contributed by atoms with Crippen LogP contribution in [0, 0.1) is 23.7 Å². The number of hydrogen-bond acceptors (Lipinski definition) is 3. The third-order valence-corrected chi connectivity index (χ3v) is 1.45. The van der Waals surface area contributed by atoms with E-state index in [-0.39, 0.29) is 19.8 Å². The molecule has 3 N–H and O–H groups in total. The first kappa shape index (κ1) is 13.7. The molecule has 82 valence electrons.